The molecule has 2 atom stereocenters. The summed E-state index contributed by atoms with van der Waals surface area (Å²) < 4.78 is 5.75. The SMILES string of the molecule is c1ccc(COCCC2CCC3=NOCC32)cc1. The van der Waals surface area contributed by atoms with E-state index in [0.29, 0.717) is 11.8 Å². The van der Waals surface area contributed by atoms with Gasteiger partial charge in [0.05, 0.1) is 12.3 Å². The fourth-order valence-electron chi connectivity index (χ4n) is 2.88. The van der Waals surface area contributed by atoms with Gasteiger partial charge in [-0.2, -0.15) is 0 Å². The summed E-state index contributed by atoms with van der Waals surface area (Å²) >= 11 is 0. The van der Waals surface area contributed by atoms with E-state index in [1.807, 2.05) is 18.2 Å². The molecule has 2 unspecified atom stereocenters. The van der Waals surface area contributed by atoms with Gasteiger partial charge in [0.1, 0.15) is 6.61 Å². The van der Waals surface area contributed by atoms with E-state index in [1.54, 1.807) is 0 Å². The maximum absolute atomic E-state index is 5.75. The van der Waals surface area contributed by atoms with Gasteiger partial charge in [-0.05, 0) is 30.7 Å². The van der Waals surface area contributed by atoms with E-state index in [4.69, 9.17) is 9.57 Å². The third kappa shape index (κ3) is 2.56. The van der Waals surface area contributed by atoms with E-state index in [-0.39, 0.29) is 0 Å². The van der Waals surface area contributed by atoms with E-state index in [9.17, 15) is 0 Å². The fraction of sp³-hybridized carbons (Fsp3) is 0.533. The Morgan fingerprint density at radius 2 is 2.17 bits per heavy atom. The zero-order valence-corrected chi connectivity index (χ0v) is 10.5. The van der Waals surface area contributed by atoms with Crippen LogP contribution in [0.2, 0.25) is 0 Å². The normalized spacial score (nSPS) is 25.7. The smallest absolute Gasteiger partial charge is 0.125 e. The predicted molar refractivity (Wildman–Crippen MR) is 70.3 cm³/mol. The molecule has 0 aromatic heterocycles. The van der Waals surface area contributed by atoms with Gasteiger partial charge in [0.25, 0.3) is 0 Å². The second kappa shape index (κ2) is 5.53. The number of nitrogens with zero attached hydrogens (tertiary/aromatic N) is 1. The first-order valence-corrected chi connectivity index (χ1v) is 6.74. The molecule has 1 aromatic carbocycles. The molecule has 0 amide bonds. The molecule has 2 aliphatic rings. The lowest BCUT2D eigenvalue weighted by Gasteiger charge is -2.14. The Bertz CT molecular complexity index is 416. The first kappa shape index (κ1) is 11.7. The molecule has 0 spiro atoms. The number of fused-ring (bicyclic) bond motifs is 1. The van der Waals surface area contributed by atoms with Gasteiger partial charge in [0.2, 0.25) is 0 Å². The van der Waals surface area contributed by atoms with Crippen LogP contribution in [0.15, 0.2) is 35.5 Å². The van der Waals surface area contributed by atoms with Gasteiger partial charge < -0.3 is 9.57 Å². The maximum atomic E-state index is 5.75. The molecule has 18 heavy (non-hydrogen) atoms. The lowest BCUT2D eigenvalue weighted by molar-refractivity contribution is 0.0916. The number of hydrogen-bond acceptors (Lipinski definition) is 3. The molecule has 1 aliphatic heterocycles. The topological polar surface area (TPSA) is 30.8 Å². The summed E-state index contributed by atoms with van der Waals surface area (Å²) in [6.45, 7) is 2.34. The Hall–Kier alpha value is -1.35. The fourth-order valence-corrected chi connectivity index (χ4v) is 2.88. The molecule has 0 bridgehead atoms. The minimum absolute atomic E-state index is 0.574. The lowest BCUT2D eigenvalue weighted by atomic mass is 9.94. The van der Waals surface area contributed by atoms with Crippen LogP contribution in [0.4, 0.5) is 0 Å². The Balaban J connectivity index is 1.39. The van der Waals surface area contributed by atoms with Crippen molar-refractivity contribution < 1.29 is 9.57 Å². The Morgan fingerprint density at radius 1 is 1.28 bits per heavy atom. The largest absolute Gasteiger partial charge is 0.395 e. The first-order chi connectivity index (χ1) is 8.93. The van der Waals surface area contributed by atoms with E-state index >= 15 is 0 Å². The molecule has 3 rings (SSSR count). The molecule has 1 aliphatic carbocycles. The second-order valence-electron chi connectivity index (χ2n) is 5.11. The molecule has 1 aromatic rings. The van der Waals surface area contributed by atoms with Crippen molar-refractivity contribution in [3.8, 4) is 0 Å². The summed E-state index contributed by atoms with van der Waals surface area (Å²) in [6, 6.07) is 10.3. The molecule has 0 radical (unpaired) electrons. The van der Waals surface area contributed by atoms with Crippen molar-refractivity contribution in [3.05, 3.63) is 35.9 Å². The van der Waals surface area contributed by atoms with Crippen LogP contribution in [0.5, 0.6) is 0 Å². The highest BCUT2D eigenvalue weighted by Crippen LogP contribution is 2.35. The third-order valence-electron chi connectivity index (χ3n) is 3.95. The van der Waals surface area contributed by atoms with Gasteiger partial charge in [-0.1, -0.05) is 35.5 Å². The summed E-state index contributed by atoms with van der Waals surface area (Å²) in [7, 11) is 0. The number of ether oxygens (including phenoxy) is 1. The van der Waals surface area contributed by atoms with Crippen LogP contribution in [0.3, 0.4) is 0 Å². The quantitative estimate of drug-likeness (QED) is 0.747. The highest BCUT2D eigenvalue weighted by Gasteiger charge is 2.36. The second-order valence-corrected chi connectivity index (χ2v) is 5.11. The van der Waals surface area contributed by atoms with E-state index < -0.39 is 0 Å². The van der Waals surface area contributed by atoms with Gasteiger partial charge in [-0.15, -0.1) is 0 Å². The number of oxime groups is 1. The van der Waals surface area contributed by atoms with Gasteiger partial charge >= 0.3 is 0 Å². The molecular weight excluding hydrogens is 226 g/mol. The predicted octanol–water partition coefficient (Wildman–Crippen LogP) is 3.01. The minimum Gasteiger partial charge on any atom is -0.395 e. The molecular formula is C15H19NO2. The van der Waals surface area contributed by atoms with Crippen molar-refractivity contribution >= 4 is 5.71 Å². The summed E-state index contributed by atoms with van der Waals surface area (Å²) in [4.78, 5) is 5.16. The number of benzene rings is 1. The molecule has 1 saturated carbocycles. The first-order valence-electron chi connectivity index (χ1n) is 6.74. The van der Waals surface area contributed by atoms with Crippen LogP contribution in [0.1, 0.15) is 24.8 Å². The zero-order chi connectivity index (χ0) is 12.2. The van der Waals surface area contributed by atoms with Crippen molar-refractivity contribution in [1.29, 1.82) is 0 Å². The highest BCUT2D eigenvalue weighted by molar-refractivity contribution is 5.89. The van der Waals surface area contributed by atoms with Crippen LogP contribution < -0.4 is 0 Å². The number of hydrogen-bond donors (Lipinski definition) is 0. The van der Waals surface area contributed by atoms with E-state index in [1.165, 1.54) is 17.7 Å². The molecule has 1 heterocycles. The van der Waals surface area contributed by atoms with Crippen LogP contribution in [0.25, 0.3) is 0 Å². The minimum atomic E-state index is 0.574. The molecule has 96 valence electrons. The monoisotopic (exact) mass is 245 g/mol. The maximum Gasteiger partial charge on any atom is 0.125 e. The van der Waals surface area contributed by atoms with E-state index in [2.05, 4.69) is 17.3 Å². The van der Waals surface area contributed by atoms with Crippen LogP contribution in [-0.2, 0) is 16.2 Å². The number of rotatable bonds is 5. The molecule has 0 saturated heterocycles. The molecule has 0 N–H and O–H groups in total. The average Bonchev–Trinajstić information content (AvgIpc) is 3.00. The lowest BCUT2D eigenvalue weighted by Crippen LogP contribution is -2.16. The molecule has 3 nitrogen and oxygen atoms in total. The Morgan fingerprint density at radius 3 is 3.06 bits per heavy atom. The van der Waals surface area contributed by atoms with Gasteiger partial charge in [-0.25, -0.2) is 0 Å². The summed E-state index contributed by atoms with van der Waals surface area (Å²) in [5.74, 6) is 1.28. The van der Waals surface area contributed by atoms with Crippen molar-refractivity contribution in [2.24, 2.45) is 17.0 Å². The van der Waals surface area contributed by atoms with Crippen molar-refractivity contribution in [1.82, 2.24) is 0 Å². The Labute approximate surface area is 108 Å². The van der Waals surface area contributed by atoms with Gasteiger partial charge in [-0.3, -0.25) is 0 Å². The van der Waals surface area contributed by atoms with Crippen molar-refractivity contribution in [2.75, 3.05) is 13.2 Å². The van der Waals surface area contributed by atoms with Crippen LogP contribution in [-0.4, -0.2) is 18.9 Å². The average molecular weight is 245 g/mol. The molecule has 1 fully saturated rings. The van der Waals surface area contributed by atoms with Crippen LogP contribution in [0, 0.1) is 11.8 Å². The van der Waals surface area contributed by atoms with E-state index in [0.717, 1.165) is 32.7 Å². The highest BCUT2D eigenvalue weighted by atomic mass is 16.6. The van der Waals surface area contributed by atoms with Crippen LogP contribution >= 0.6 is 0 Å². The molecule has 3 heteroatoms. The van der Waals surface area contributed by atoms with Crippen molar-refractivity contribution in [2.45, 2.75) is 25.9 Å². The van der Waals surface area contributed by atoms with Crippen molar-refractivity contribution in [3.63, 3.8) is 0 Å². The van der Waals surface area contributed by atoms with Gasteiger partial charge in [0.15, 0.2) is 0 Å². The van der Waals surface area contributed by atoms with Gasteiger partial charge in [0, 0.05) is 12.5 Å². The standard InChI is InChI=1S/C15H19NO2/c1-2-4-12(5-3-1)10-17-9-8-13-6-7-15-14(13)11-18-16-15/h1-5,13-14H,6-11H2. The zero-order valence-electron chi connectivity index (χ0n) is 10.5. The summed E-state index contributed by atoms with van der Waals surface area (Å²) in [5, 5.41) is 4.10. The summed E-state index contributed by atoms with van der Waals surface area (Å²) in [5.41, 5.74) is 2.53. The summed E-state index contributed by atoms with van der Waals surface area (Å²) in [6.07, 6.45) is 3.50. The Kier molecular flexibility index (Phi) is 3.60. The third-order valence-corrected chi connectivity index (χ3v) is 3.95.